The van der Waals surface area contributed by atoms with Gasteiger partial charge >= 0.3 is 0 Å². The quantitative estimate of drug-likeness (QED) is 0.789. The SMILES string of the molecule is COC(CC(CN)N1CCc2ccccc2C1)OC. The maximum atomic E-state index is 5.93. The normalized spacial score (nSPS) is 17.5. The van der Waals surface area contributed by atoms with Crippen molar-refractivity contribution in [2.24, 2.45) is 5.73 Å². The van der Waals surface area contributed by atoms with Crippen LogP contribution in [0.4, 0.5) is 0 Å². The van der Waals surface area contributed by atoms with Gasteiger partial charge in [0, 0.05) is 46.3 Å². The number of methoxy groups -OCH3 is 2. The van der Waals surface area contributed by atoms with Crippen LogP contribution in [0.5, 0.6) is 0 Å². The van der Waals surface area contributed by atoms with Gasteiger partial charge in [-0.1, -0.05) is 24.3 Å². The van der Waals surface area contributed by atoms with Gasteiger partial charge in [-0.3, -0.25) is 4.90 Å². The molecule has 1 heterocycles. The molecule has 4 nitrogen and oxygen atoms in total. The number of nitrogens with zero attached hydrogens (tertiary/aromatic N) is 1. The molecule has 19 heavy (non-hydrogen) atoms. The molecule has 0 fully saturated rings. The molecule has 2 rings (SSSR count). The van der Waals surface area contributed by atoms with Gasteiger partial charge in [0.15, 0.2) is 6.29 Å². The summed E-state index contributed by atoms with van der Waals surface area (Å²) in [5.74, 6) is 0. The van der Waals surface area contributed by atoms with E-state index in [1.807, 2.05) is 0 Å². The van der Waals surface area contributed by atoms with Crippen LogP contribution in [0.1, 0.15) is 17.5 Å². The first-order chi connectivity index (χ1) is 9.28. The van der Waals surface area contributed by atoms with Gasteiger partial charge in [0.2, 0.25) is 0 Å². The zero-order valence-electron chi connectivity index (χ0n) is 11.8. The van der Waals surface area contributed by atoms with E-state index < -0.39 is 0 Å². The molecule has 1 aliphatic heterocycles. The fourth-order valence-electron chi connectivity index (χ4n) is 2.73. The van der Waals surface area contributed by atoms with E-state index in [1.54, 1.807) is 14.2 Å². The summed E-state index contributed by atoms with van der Waals surface area (Å²) in [6.07, 6.45) is 1.73. The van der Waals surface area contributed by atoms with Gasteiger partial charge in [-0.15, -0.1) is 0 Å². The largest absolute Gasteiger partial charge is 0.356 e. The van der Waals surface area contributed by atoms with E-state index >= 15 is 0 Å². The second-order valence-corrected chi connectivity index (χ2v) is 5.02. The molecular weight excluding hydrogens is 240 g/mol. The number of hydrogen-bond donors (Lipinski definition) is 1. The van der Waals surface area contributed by atoms with E-state index in [9.17, 15) is 0 Å². The molecule has 1 atom stereocenters. The molecule has 0 saturated heterocycles. The Balaban J connectivity index is 2.01. The molecule has 1 aromatic rings. The molecule has 1 aliphatic rings. The summed E-state index contributed by atoms with van der Waals surface area (Å²) < 4.78 is 10.6. The third-order valence-corrected chi connectivity index (χ3v) is 3.94. The minimum atomic E-state index is -0.175. The van der Waals surface area contributed by atoms with Crippen LogP contribution in [0, 0.1) is 0 Å². The van der Waals surface area contributed by atoms with Crippen molar-refractivity contribution in [2.75, 3.05) is 27.3 Å². The van der Waals surface area contributed by atoms with Crippen molar-refractivity contribution >= 4 is 0 Å². The van der Waals surface area contributed by atoms with E-state index in [2.05, 4.69) is 29.2 Å². The van der Waals surface area contributed by atoms with Gasteiger partial charge in [0.05, 0.1) is 0 Å². The molecule has 1 unspecified atom stereocenters. The van der Waals surface area contributed by atoms with E-state index in [4.69, 9.17) is 15.2 Å². The average molecular weight is 264 g/mol. The third-order valence-electron chi connectivity index (χ3n) is 3.94. The van der Waals surface area contributed by atoms with Crippen molar-refractivity contribution in [1.82, 2.24) is 4.90 Å². The van der Waals surface area contributed by atoms with E-state index in [0.717, 1.165) is 25.9 Å². The Kier molecular flexibility index (Phi) is 5.34. The lowest BCUT2D eigenvalue weighted by molar-refractivity contribution is -0.117. The van der Waals surface area contributed by atoms with E-state index in [1.165, 1.54) is 11.1 Å². The van der Waals surface area contributed by atoms with Crippen molar-refractivity contribution in [2.45, 2.75) is 31.7 Å². The molecule has 1 aromatic carbocycles. The topological polar surface area (TPSA) is 47.7 Å². The molecule has 0 bridgehead atoms. The van der Waals surface area contributed by atoms with Crippen molar-refractivity contribution in [3.8, 4) is 0 Å². The highest BCUT2D eigenvalue weighted by Gasteiger charge is 2.24. The van der Waals surface area contributed by atoms with Crippen LogP contribution in [0.15, 0.2) is 24.3 Å². The lowest BCUT2D eigenvalue weighted by Crippen LogP contribution is -2.45. The molecule has 0 saturated carbocycles. The molecule has 0 aromatic heterocycles. The highest BCUT2D eigenvalue weighted by atomic mass is 16.7. The monoisotopic (exact) mass is 264 g/mol. The highest BCUT2D eigenvalue weighted by molar-refractivity contribution is 5.29. The summed E-state index contributed by atoms with van der Waals surface area (Å²) in [7, 11) is 3.35. The van der Waals surface area contributed by atoms with Gasteiger partial charge in [0.25, 0.3) is 0 Å². The first-order valence-corrected chi connectivity index (χ1v) is 6.85. The molecule has 0 radical (unpaired) electrons. The minimum absolute atomic E-state index is 0.175. The van der Waals surface area contributed by atoms with Gasteiger partial charge in [-0.05, 0) is 17.5 Å². The van der Waals surface area contributed by atoms with Crippen LogP contribution >= 0.6 is 0 Å². The lowest BCUT2D eigenvalue weighted by Gasteiger charge is -2.36. The predicted molar refractivity (Wildman–Crippen MR) is 75.8 cm³/mol. The van der Waals surface area contributed by atoms with Gasteiger partial charge < -0.3 is 15.2 Å². The Morgan fingerprint density at radius 1 is 1.21 bits per heavy atom. The molecule has 0 spiro atoms. The summed E-state index contributed by atoms with van der Waals surface area (Å²) in [4.78, 5) is 2.44. The number of nitrogens with two attached hydrogens (primary N) is 1. The predicted octanol–water partition coefficient (Wildman–Crippen LogP) is 1.38. The van der Waals surface area contributed by atoms with Gasteiger partial charge in [-0.2, -0.15) is 0 Å². The Labute approximate surface area is 115 Å². The number of hydrogen-bond acceptors (Lipinski definition) is 4. The van der Waals surface area contributed by atoms with Crippen LogP contribution in [0.2, 0.25) is 0 Å². The fraction of sp³-hybridized carbons (Fsp3) is 0.600. The van der Waals surface area contributed by atoms with Crippen LogP contribution in [-0.4, -0.2) is 44.5 Å². The van der Waals surface area contributed by atoms with E-state index in [0.29, 0.717) is 12.6 Å². The van der Waals surface area contributed by atoms with Gasteiger partial charge in [0.1, 0.15) is 0 Å². The van der Waals surface area contributed by atoms with Crippen molar-refractivity contribution in [3.05, 3.63) is 35.4 Å². The summed E-state index contributed by atoms with van der Waals surface area (Å²) in [6, 6.07) is 8.95. The van der Waals surface area contributed by atoms with Crippen LogP contribution in [0.25, 0.3) is 0 Å². The first-order valence-electron chi connectivity index (χ1n) is 6.85. The fourth-order valence-corrected chi connectivity index (χ4v) is 2.73. The van der Waals surface area contributed by atoms with Crippen LogP contribution < -0.4 is 5.73 Å². The standard InChI is InChI=1S/C15H24N2O2/c1-18-15(19-2)9-14(10-16)17-8-7-12-5-3-4-6-13(12)11-17/h3-6,14-15H,7-11,16H2,1-2H3. The minimum Gasteiger partial charge on any atom is -0.356 e. The van der Waals surface area contributed by atoms with Crippen LogP contribution in [-0.2, 0) is 22.4 Å². The molecule has 106 valence electrons. The Morgan fingerprint density at radius 3 is 2.53 bits per heavy atom. The summed E-state index contributed by atoms with van der Waals surface area (Å²) >= 11 is 0. The summed E-state index contributed by atoms with van der Waals surface area (Å²) in [5, 5.41) is 0. The third kappa shape index (κ3) is 3.54. The zero-order valence-corrected chi connectivity index (χ0v) is 11.8. The van der Waals surface area contributed by atoms with Crippen molar-refractivity contribution in [3.63, 3.8) is 0 Å². The maximum Gasteiger partial charge on any atom is 0.158 e. The Morgan fingerprint density at radius 2 is 1.89 bits per heavy atom. The second kappa shape index (κ2) is 7.01. The number of ether oxygens (including phenoxy) is 2. The summed E-state index contributed by atoms with van der Waals surface area (Å²) in [5.41, 5.74) is 8.81. The maximum absolute atomic E-state index is 5.93. The van der Waals surface area contributed by atoms with Crippen molar-refractivity contribution < 1.29 is 9.47 Å². The molecule has 0 aliphatic carbocycles. The van der Waals surface area contributed by atoms with Crippen molar-refractivity contribution in [1.29, 1.82) is 0 Å². The van der Waals surface area contributed by atoms with E-state index in [-0.39, 0.29) is 6.29 Å². The average Bonchev–Trinajstić information content (AvgIpc) is 2.48. The second-order valence-electron chi connectivity index (χ2n) is 5.02. The van der Waals surface area contributed by atoms with Crippen LogP contribution in [0.3, 0.4) is 0 Å². The lowest BCUT2D eigenvalue weighted by atomic mass is 9.98. The molecule has 2 N–H and O–H groups in total. The first kappa shape index (κ1) is 14.5. The highest BCUT2D eigenvalue weighted by Crippen LogP contribution is 2.22. The summed E-state index contributed by atoms with van der Waals surface area (Å²) in [6.45, 7) is 2.66. The Bertz CT molecular complexity index is 393. The Hall–Kier alpha value is -0.940. The zero-order chi connectivity index (χ0) is 13.7. The van der Waals surface area contributed by atoms with Gasteiger partial charge in [-0.25, -0.2) is 0 Å². The molecule has 4 heteroatoms. The number of fused-ring (bicyclic) bond motifs is 1. The number of rotatable bonds is 6. The molecular formula is C15H24N2O2. The number of benzene rings is 1. The smallest absolute Gasteiger partial charge is 0.158 e. The molecule has 0 amide bonds.